The molecule has 4 rings (SSSR count). The van der Waals surface area contributed by atoms with Crippen molar-refractivity contribution in [3.8, 4) is 0 Å². The van der Waals surface area contributed by atoms with Crippen LogP contribution < -0.4 is 5.73 Å². The molecule has 4 nitrogen and oxygen atoms in total. The molecule has 4 aromatic rings. The van der Waals surface area contributed by atoms with Crippen LogP contribution in [-0.4, -0.2) is 16.8 Å². The fourth-order valence-corrected chi connectivity index (χ4v) is 3.38. The molecule has 0 amide bonds. The Hall–Kier alpha value is -2.95. The summed E-state index contributed by atoms with van der Waals surface area (Å²) in [5, 5.41) is 8.57. The number of benzene rings is 3. The van der Waals surface area contributed by atoms with E-state index >= 15 is 0 Å². The van der Waals surface area contributed by atoms with Crippen LogP contribution in [0.4, 0.5) is 0 Å². The summed E-state index contributed by atoms with van der Waals surface area (Å²) >= 11 is 0. The summed E-state index contributed by atoms with van der Waals surface area (Å²) in [6, 6.07) is 26.3. The summed E-state index contributed by atoms with van der Waals surface area (Å²) in [6.45, 7) is 1.28. The molecule has 0 spiro atoms. The van der Waals surface area contributed by atoms with Crippen molar-refractivity contribution in [3.05, 3.63) is 101 Å². The average molecular weight is 357 g/mol. The van der Waals surface area contributed by atoms with Gasteiger partial charge in [-0.2, -0.15) is 5.10 Å². The Kier molecular flexibility index (Phi) is 5.28. The van der Waals surface area contributed by atoms with Gasteiger partial charge in [0.05, 0.1) is 30.5 Å². The summed E-state index contributed by atoms with van der Waals surface area (Å²) < 4.78 is 5.86. The first-order valence-electron chi connectivity index (χ1n) is 9.21. The van der Waals surface area contributed by atoms with Gasteiger partial charge in [-0.25, -0.2) is 0 Å². The predicted octanol–water partition coefficient (Wildman–Crippen LogP) is 4.37. The van der Waals surface area contributed by atoms with E-state index in [1.54, 1.807) is 0 Å². The van der Waals surface area contributed by atoms with Crippen molar-refractivity contribution in [1.29, 1.82) is 0 Å². The fraction of sp³-hybridized carbons (Fsp3) is 0.174. The van der Waals surface area contributed by atoms with Crippen LogP contribution in [0.5, 0.6) is 0 Å². The highest BCUT2D eigenvalue weighted by atomic mass is 16.5. The van der Waals surface area contributed by atoms with Gasteiger partial charge in [0, 0.05) is 5.39 Å². The van der Waals surface area contributed by atoms with Gasteiger partial charge in [0.1, 0.15) is 0 Å². The largest absolute Gasteiger partial charge is 0.376 e. The van der Waals surface area contributed by atoms with Crippen LogP contribution in [0.25, 0.3) is 10.9 Å². The van der Waals surface area contributed by atoms with Crippen molar-refractivity contribution >= 4 is 10.9 Å². The molecule has 0 fully saturated rings. The molecular formula is C23H23N3O. The van der Waals surface area contributed by atoms with Crippen molar-refractivity contribution in [2.75, 3.05) is 6.61 Å². The maximum absolute atomic E-state index is 6.61. The number of nitrogens with zero attached hydrogens (tertiary/aromatic N) is 1. The zero-order chi connectivity index (χ0) is 18.5. The first-order valence-corrected chi connectivity index (χ1v) is 9.21. The van der Waals surface area contributed by atoms with Crippen LogP contribution >= 0.6 is 0 Å². The van der Waals surface area contributed by atoms with Crippen LogP contribution in [0.1, 0.15) is 28.4 Å². The number of hydrogen-bond donors (Lipinski definition) is 2. The Morgan fingerprint density at radius 2 is 1.63 bits per heavy atom. The van der Waals surface area contributed by atoms with Gasteiger partial charge in [-0.3, -0.25) is 5.10 Å². The van der Waals surface area contributed by atoms with Crippen molar-refractivity contribution in [2.45, 2.75) is 19.1 Å². The molecule has 1 atom stereocenters. The van der Waals surface area contributed by atoms with Crippen molar-refractivity contribution in [1.82, 2.24) is 10.2 Å². The van der Waals surface area contributed by atoms with E-state index in [1.165, 1.54) is 11.1 Å². The molecule has 1 aromatic heterocycles. The van der Waals surface area contributed by atoms with Gasteiger partial charge in [-0.15, -0.1) is 0 Å². The first kappa shape index (κ1) is 17.5. The summed E-state index contributed by atoms with van der Waals surface area (Å²) in [6.07, 6.45) is 0.822. The smallest absolute Gasteiger partial charge is 0.0924 e. The Morgan fingerprint density at radius 3 is 2.52 bits per heavy atom. The number of aromatic nitrogens is 2. The molecule has 1 unspecified atom stereocenters. The molecule has 0 aliphatic rings. The molecule has 3 aromatic carbocycles. The Labute approximate surface area is 159 Å². The molecule has 27 heavy (non-hydrogen) atoms. The third-order valence-electron chi connectivity index (χ3n) is 4.82. The van der Waals surface area contributed by atoms with Gasteiger partial charge in [0.15, 0.2) is 0 Å². The lowest BCUT2D eigenvalue weighted by molar-refractivity contribution is 0.123. The van der Waals surface area contributed by atoms with E-state index in [9.17, 15) is 0 Å². The van der Waals surface area contributed by atoms with Gasteiger partial charge in [-0.05, 0) is 29.2 Å². The minimum absolute atomic E-state index is 0.247. The minimum Gasteiger partial charge on any atom is -0.376 e. The zero-order valence-corrected chi connectivity index (χ0v) is 15.1. The van der Waals surface area contributed by atoms with Crippen molar-refractivity contribution in [3.63, 3.8) is 0 Å². The van der Waals surface area contributed by atoms with Crippen molar-refractivity contribution in [2.24, 2.45) is 5.73 Å². The molecule has 0 saturated heterocycles. The number of fused-ring (bicyclic) bond motifs is 1. The van der Waals surface area contributed by atoms with Crippen LogP contribution in [-0.2, 0) is 17.8 Å². The molecular weight excluding hydrogens is 334 g/mol. The summed E-state index contributed by atoms with van der Waals surface area (Å²) in [7, 11) is 0. The SMILES string of the molecule is NC(c1ccccc1CCOCc1ccccc1)c1[nH]nc2ccccc12. The van der Waals surface area contributed by atoms with Crippen molar-refractivity contribution < 1.29 is 4.74 Å². The first-order chi connectivity index (χ1) is 13.3. The third kappa shape index (κ3) is 3.92. The molecule has 4 heteroatoms. The highest BCUT2D eigenvalue weighted by Gasteiger charge is 2.17. The van der Waals surface area contributed by atoms with Gasteiger partial charge >= 0.3 is 0 Å². The van der Waals surface area contributed by atoms with E-state index < -0.39 is 0 Å². The number of nitrogens with two attached hydrogens (primary N) is 1. The van der Waals surface area contributed by atoms with Crippen LogP contribution in [0, 0.1) is 0 Å². The number of rotatable bonds is 7. The molecule has 0 bridgehead atoms. The number of aromatic amines is 1. The number of H-pyrrole nitrogens is 1. The third-order valence-corrected chi connectivity index (χ3v) is 4.82. The van der Waals surface area contributed by atoms with E-state index in [-0.39, 0.29) is 6.04 Å². The number of nitrogens with one attached hydrogen (secondary N) is 1. The van der Waals surface area contributed by atoms with Gasteiger partial charge in [0.2, 0.25) is 0 Å². The summed E-state index contributed by atoms with van der Waals surface area (Å²) in [5.41, 5.74) is 12.0. The predicted molar refractivity (Wildman–Crippen MR) is 108 cm³/mol. The number of hydrogen-bond acceptors (Lipinski definition) is 3. The van der Waals surface area contributed by atoms with E-state index in [2.05, 4.69) is 40.5 Å². The average Bonchev–Trinajstić information content (AvgIpc) is 3.16. The highest BCUT2D eigenvalue weighted by Crippen LogP contribution is 2.27. The monoisotopic (exact) mass is 357 g/mol. The van der Waals surface area contributed by atoms with Gasteiger partial charge in [-0.1, -0.05) is 72.8 Å². The van der Waals surface area contributed by atoms with E-state index in [0.29, 0.717) is 13.2 Å². The lowest BCUT2D eigenvalue weighted by Gasteiger charge is -2.16. The Morgan fingerprint density at radius 1 is 0.889 bits per heavy atom. The quantitative estimate of drug-likeness (QED) is 0.483. The molecule has 0 aliphatic heterocycles. The van der Waals surface area contributed by atoms with Crippen LogP contribution in [0.15, 0.2) is 78.9 Å². The fourth-order valence-electron chi connectivity index (χ4n) is 3.38. The van der Waals surface area contributed by atoms with E-state index in [0.717, 1.165) is 28.6 Å². The lowest BCUT2D eigenvalue weighted by atomic mass is 9.95. The second kappa shape index (κ2) is 8.16. The molecule has 1 heterocycles. The minimum atomic E-state index is -0.247. The maximum atomic E-state index is 6.61. The van der Waals surface area contributed by atoms with E-state index in [4.69, 9.17) is 10.5 Å². The van der Waals surface area contributed by atoms with Crippen LogP contribution in [0.3, 0.4) is 0 Å². The second-order valence-electron chi connectivity index (χ2n) is 6.62. The van der Waals surface area contributed by atoms with Gasteiger partial charge in [0.25, 0.3) is 0 Å². The topological polar surface area (TPSA) is 63.9 Å². The maximum Gasteiger partial charge on any atom is 0.0924 e. The van der Waals surface area contributed by atoms with E-state index in [1.807, 2.05) is 48.5 Å². The normalized spacial score (nSPS) is 12.3. The molecule has 136 valence electrons. The lowest BCUT2D eigenvalue weighted by Crippen LogP contribution is -2.15. The van der Waals surface area contributed by atoms with Crippen LogP contribution in [0.2, 0.25) is 0 Å². The molecule has 0 radical (unpaired) electrons. The molecule has 0 aliphatic carbocycles. The zero-order valence-electron chi connectivity index (χ0n) is 15.1. The highest BCUT2D eigenvalue weighted by molar-refractivity contribution is 5.82. The summed E-state index contributed by atoms with van der Waals surface area (Å²) in [5.74, 6) is 0. The van der Waals surface area contributed by atoms with Gasteiger partial charge < -0.3 is 10.5 Å². The molecule has 3 N–H and O–H groups in total. The summed E-state index contributed by atoms with van der Waals surface area (Å²) in [4.78, 5) is 0. The number of ether oxygens (including phenoxy) is 1. The number of para-hydroxylation sites is 1. The second-order valence-corrected chi connectivity index (χ2v) is 6.62. The Bertz CT molecular complexity index is 1010. The Balaban J connectivity index is 1.47. The molecule has 0 saturated carbocycles. The standard InChI is InChI=1S/C23H23N3O/c24-22(23-20-12-6-7-13-21(20)25-26-23)19-11-5-4-10-18(19)14-15-27-16-17-8-2-1-3-9-17/h1-13,22H,14-16,24H2,(H,25,26).